The zero-order chi connectivity index (χ0) is 26.4. The molecule has 1 heterocycles. The Balaban J connectivity index is 1.96. The Morgan fingerprint density at radius 1 is 0.944 bits per heavy atom. The molecule has 1 amide bonds. The fraction of sp³-hybridized carbons (Fsp3) is 0.267. The Morgan fingerprint density at radius 3 is 2.17 bits per heavy atom. The Bertz CT molecular complexity index is 1380. The standard InChI is InChI=1S/C30H30ClNO4/c1-17-16-22(36-6)12-13-23(17)27(33)25-26(19-7-9-20(10-8-19)30(3,4)5)32(29(35)28(25)34)24-14-11-21(31)15-18(24)2/h7-16,26,33H,1-6H3/b27-25+. The van der Waals surface area contributed by atoms with Crippen LogP contribution in [0, 0.1) is 13.8 Å². The molecule has 0 spiro atoms. The van der Waals surface area contributed by atoms with Gasteiger partial charge < -0.3 is 9.84 Å². The SMILES string of the molecule is COc1ccc(/C(O)=C2\C(=O)C(=O)N(c3ccc(Cl)cc3C)C2c2ccc(C(C)(C)C)cc2)c(C)c1. The van der Waals surface area contributed by atoms with Crippen LogP contribution in [0.25, 0.3) is 5.76 Å². The first-order valence-corrected chi connectivity index (χ1v) is 12.1. The summed E-state index contributed by atoms with van der Waals surface area (Å²) in [7, 11) is 1.57. The number of nitrogens with zero attached hydrogens (tertiary/aromatic N) is 1. The summed E-state index contributed by atoms with van der Waals surface area (Å²) in [6.45, 7) is 10.0. The number of carbonyl (C=O) groups excluding carboxylic acids is 2. The molecule has 186 valence electrons. The highest BCUT2D eigenvalue weighted by atomic mass is 35.5. The Morgan fingerprint density at radius 2 is 1.61 bits per heavy atom. The van der Waals surface area contributed by atoms with Crippen LogP contribution in [-0.2, 0) is 15.0 Å². The predicted octanol–water partition coefficient (Wildman–Crippen LogP) is 6.89. The molecule has 4 rings (SSSR count). The first-order chi connectivity index (χ1) is 16.9. The molecule has 0 saturated carbocycles. The molecule has 1 aliphatic rings. The number of aliphatic hydroxyl groups is 1. The van der Waals surface area contributed by atoms with Gasteiger partial charge in [0.25, 0.3) is 11.7 Å². The lowest BCUT2D eigenvalue weighted by Crippen LogP contribution is -2.30. The maximum absolute atomic E-state index is 13.5. The fourth-order valence-electron chi connectivity index (χ4n) is 4.62. The van der Waals surface area contributed by atoms with Crippen molar-refractivity contribution in [3.63, 3.8) is 0 Å². The minimum atomic E-state index is -0.805. The number of methoxy groups -OCH3 is 1. The van der Waals surface area contributed by atoms with Gasteiger partial charge in [-0.2, -0.15) is 0 Å². The van der Waals surface area contributed by atoms with E-state index in [0.717, 1.165) is 22.3 Å². The lowest BCUT2D eigenvalue weighted by atomic mass is 9.85. The van der Waals surface area contributed by atoms with Crippen LogP contribution < -0.4 is 9.64 Å². The minimum Gasteiger partial charge on any atom is -0.507 e. The number of ether oxygens (including phenoxy) is 1. The van der Waals surface area contributed by atoms with Crippen LogP contribution in [0.4, 0.5) is 5.69 Å². The van der Waals surface area contributed by atoms with Crippen molar-refractivity contribution in [1.82, 2.24) is 0 Å². The van der Waals surface area contributed by atoms with Crippen molar-refractivity contribution >= 4 is 34.7 Å². The maximum Gasteiger partial charge on any atom is 0.300 e. The predicted molar refractivity (Wildman–Crippen MR) is 144 cm³/mol. The third kappa shape index (κ3) is 4.51. The van der Waals surface area contributed by atoms with Gasteiger partial charge in [-0.05, 0) is 77.9 Å². The number of benzene rings is 3. The normalized spacial score (nSPS) is 17.5. The van der Waals surface area contributed by atoms with Crippen molar-refractivity contribution in [2.75, 3.05) is 12.0 Å². The van der Waals surface area contributed by atoms with Gasteiger partial charge in [-0.25, -0.2) is 0 Å². The highest BCUT2D eigenvalue weighted by Gasteiger charge is 2.47. The van der Waals surface area contributed by atoms with Crippen LogP contribution in [0.2, 0.25) is 5.02 Å². The number of amides is 1. The summed E-state index contributed by atoms with van der Waals surface area (Å²) in [4.78, 5) is 28.4. The Labute approximate surface area is 217 Å². The number of Topliss-reactive ketones (excluding diaryl/α,β-unsaturated/α-hetero) is 1. The maximum atomic E-state index is 13.5. The first kappa shape index (κ1) is 25.5. The summed E-state index contributed by atoms with van der Waals surface area (Å²) >= 11 is 6.17. The summed E-state index contributed by atoms with van der Waals surface area (Å²) in [5.41, 5.74) is 4.35. The van der Waals surface area contributed by atoms with Gasteiger partial charge in [0.1, 0.15) is 11.5 Å². The van der Waals surface area contributed by atoms with Crippen LogP contribution in [0.3, 0.4) is 0 Å². The molecule has 1 unspecified atom stereocenters. The van der Waals surface area contributed by atoms with E-state index in [0.29, 0.717) is 22.0 Å². The summed E-state index contributed by atoms with van der Waals surface area (Å²) in [5.74, 6) is -1.01. The van der Waals surface area contributed by atoms with Crippen molar-refractivity contribution in [1.29, 1.82) is 0 Å². The zero-order valence-corrected chi connectivity index (χ0v) is 22.1. The number of carbonyl (C=O) groups is 2. The minimum absolute atomic E-state index is 0.0473. The molecule has 3 aromatic rings. The highest BCUT2D eigenvalue weighted by molar-refractivity contribution is 6.51. The van der Waals surface area contributed by atoms with Crippen LogP contribution in [-0.4, -0.2) is 23.9 Å². The van der Waals surface area contributed by atoms with Crippen molar-refractivity contribution < 1.29 is 19.4 Å². The van der Waals surface area contributed by atoms with E-state index in [-0.39, 0.29) is 16.7 Å². The lowest BCUT2D eigenvalue weighted by molar-refractivity contribution is -0.132. The number of rotatable bonds is 4. The monoisotopic (exact) mass is 503 g/mol. The number of aryl methyl sites for hydroxylation is 2. The van der Waals surface area contributed by atoms with E-state index in [9.17, 15) is 14.7 Å². The number of halogens is 1. The molecule has 0 aromatic heterocycles. The number of hydrogen-bond donors (Lipinski definition) is 1. The van der Waals surface area contributed by atoms with E-state index in [1.807, 2.05) is 38.1 Å². The molecule has 36 heavy (non-hydrogen) atoms. The summed E-state index contributed by atoms with van der Waals surface area (Å²) in [6, 6.07) is 17.4. The van der Waals surface area contributed by atoms with Crippen LogP contribution in [0.1, 0.15) is 54.6 Å². The number of aliphatic hydroxyl groups excluding tert-OH is 1. The third-order valence-corrected chi connectivity index (χ3v) is 6.88. The zero-order valence-electron chi connectivity index (χ0n) is 21.3. The van der Waals surface area contributed by atoms with Gasteiger partial charge in [-0.15, -0.1) is 0 Å². The van der Waals surface area contributed by atoms with Crippen LogP contribution in [0.5, 0.6) is 5.75 Å². The Hall–Kier alpha value is -3.57. The second-order valence-corrected chi connectivity index (χ2v) is 10.6. The number of ketones is 1. The third-order valence-electron chi connectivity index (χ3n) is 6.64. The van der Waals surface area contributed by atoms with E-state index >= 15 is 0 Å². The number of hydrogen-bond acceptors (Lipinski definition) is 4. The highest BCUT2D eigenvalue weighted by Crippen LogP contribution is 2.44. The quantitative estimate of drug-likeness (QED) is 0.239. The molecule has 1 aliphatic heterocycles. The molecule has 0 aliphatic carbocycles. The average Bonchev–Trinajstić information content (AvgIpc) is 3.08. The van der Waals surface area contributed by atoms with E-state index in [1.54, 1.807) is 43.5 Å². The van der Waals surface area contributed by atoms with Crippen molar-refractivity contribution in [3.05, 3.63) is 99.1 Å². The molecule has 1 atom stereocenters. The Kier molecular flexibility index (Phi) is 6.72. The van der Waals surface area contributed by atoms with Crippen LogP contribution >= 0.6 is 11.6 Å². The molecule has 1 N–H and O–H groups in total. The van der Waals surface area contributed by atoms with Gasteiger partial charge in [0, 0.05) is 16.3 Å². The van der Waals surface area contributed by atoms with Crippen molar-refractivity contribution in [2.45, 2.75) is 46.1 Å². The smallest absolute Gasteiger partial charge is 0.300 e. The summed E-state index contributed by atoms with van der Waals surface area (Å²) in [5, 5.41) is 12.0. The first-order valence-electron chi connectivity index (χ1n) is 11.8. The second kappa shape index (κ2) is 9.47. The van der Waals surface area contributed by atoms with E-state index < -0.39 is 17.7 Å². The van der Waals surface area contributed by atoms with Gasteiger partial charge in [-0.1, -0.05) is 56.6 Å². The molecule has 1 saturated heterocycles. The van der Waals surface area contributed by atoms with Gasteiger partial charge in [0.2, 0.25) is 0 Å². The average molecular weight is 504 g/mol. The van der Waals surface area contributed by atoms with Crippen molar-refractivity contribution in [3.8, 4) is 5.75 Å². The van der Waals surface area contributed by atoms with Crippen LogP contribution in [0.15, 0.2) is 66.2 Å². The van der Waals surface area contributed by atoms with Gasteiger partial charge in [0.05, 0.1) is 18.7 Å². The van der Waals surface area contributed by atoms with E-state index in [2.05, 4.69) is 20.8 Å². The van der Waals surface area contributed by atoms with Gasteiger partial charge >= 0.3 is 0 Å². The molecule has 5 nitrogen and oxygen atoms in total. The van der Waals surface area contributed by atoms with Gasteiger partial charge in [0.15, 0.2) is 0 Å². The largest absolute Gasteiger partial charge is 0.507 e. The molecule has 0 radical (unpaired) electrons. The van der Waals surface area contributed by atoms with E-state index in [4.69, 9.17) is 16.3 Å². The van der Waals surface area contributed by atoms with Gasteiger partial charge in [-0.3, -0.25) is 14.5 Å². The van der Waals surface area contributed by atoms with E-state index in [1.165, 1.54) is 4.90 Å². The molecular formula is C30H30ClNO4. The molecule has 1 fully saturated rings. The molecule has 6 heteroatoms. The summed E-state index contributed by atoms with van der Waals surface area (Å²) < 4.78 is 5.28. The summed E-state index contributed by atoms with van der Waals surface area (Å²) in [6.07, 6.45) is 0. The molecule has 3 aromatic carbocycles. The molecule has 0 bridgehead atoms. The second-order valence-electron chi connectivity index (χ2n) is 10.2. The number of anilines is 1. The topological polar surface area (TPSA) is 66.8 Å². The van der Waals surface area contributed by atoms with Crippen molar-refractivity contribution in [2.24, 2.45) is 0 Å². The molecular weight excluding hydrogens is 474 g/mol. The lowest BCUT2D eigenvalue weighted by Gasteiger charge is -2.28. The fourth-order valence-corrected chi connectivity index (χ4v) is 4.85.